The molecule has 5 nitrogen and oxygen atoms in total. The zero-order chi connectivity index (χ0) is 19.5. The second kappa shape index (κ2) is 8.19. The summed E-state index contributed by atoms with van der Waals surface area (Å²) >= 11 is 1.41. The quantitative estimate of drug-likeness (QED) is 0.611. The molecule has 2 aromatic carbocycles. The highest BCUT2D eigenvalue weighted by Crippen LogP contribution is 2.41. The summed E-state index contributed by atoms with van der Waals surface area (Å²) in [4.78, 5) is 12.6. The summed E-state index contributed by atoms with van der Waals surface area (Å²) in [5.74, 6) is 0.899. The Morgan fingerprint density at radius 3 is 2.68 bits per heavy atom. The van der Waals surface area contributed by atoms with Crippen LogP contribution in [0.2, 0.25) is 0 Å². The molecule has 6 heteroatoms. The van der Waals surface area contributed by atoms with Gasteiger partial charge >= 0.3 is 0 Å². The van der Waals surface area contributed by atoms with Crippen LogP contribution in [0.5, 0.6) is 0 Å². The number of carbonyl (C=O) groups excluding carboxylic acids is 1. The van der Waals surface area contributed by atoms with E-state index in [0.717, 1.165) is 10.8 Å². The molecule has 1 saturated carbocycles. The van der Waals surface area contributed by atoms with Crippen LogP contribution in [0.3, 0.4) is 0 Å². The van der Waals surface area contributed by atoms with Crippen LogP contribution in [-0.2, 0) is 4.79 Å². The van der Waals surface area contributed by atoms with Gasteiger partial charge in [-0.15, -0.1) is 10.2 Å². The van der Waals surface area contributed by atoms with Gasteiger partial charge in [0.1, 0.15) is 6.33 Å². The Balaban J connectivity index is 1.41. The first-order valence-corrected chi connectivity index (χ1v) is 10.5. The monoisotopic (exact) mass is 392 g/mol. The van der Waals surface area contributed by atoms with Gasteiger partial charge in [0.05, 0.1) is 11.8 Å². The Labute approximate surface area is 169 Å². The molecule has 28 heavy (non-hydrogen) atoms. The molecular weight excluding hydrogens is 368 g/mol. The summed E-state index contributed by atoms with van der Waals surface area (Å²) < 4.78 is 1.93. The van der Waals surface area contributed by atoms with Crippen LogP contribution >= 0.6 is 11.8 Å². The van der Waals surface area contributed by atoms with Gasteiger partial charge in [-0.3, -0.25) is 9.36 Å². The molecule has 0 radical (unpaired) electrons. The lowest BCUT2D eigenvalue weighted by atomic mass is 10.0. The van der Waals surface area contributed by atoms with Crippen molar-refractivity contribution in [2.75, 3.05) is 5.75 Å². The summed E-state index contributed by atoms with van der Waals surface area (Å²) in [7, 11) is 0. The SMILES string of the molecule is Cc1ccc(-n2cnnc2SCC(=O)NC(c2ccccc2)C2CC2)cc1C. The molecule has 4 rings (SSSR count). The number of nitrogens with one attached hydrogen (secondary N) is 1. The minimum atomic E-state index is 0.0281. The molecule has 0 saturated heterocycles. The first-order valence-electron chi connectivity index (χ1n) is 9.56. The molecule has 3 aromatic rings. The van der Waals surface area contributed by atoms with Gasteiger partial charge in [-0.05, 0) is 61.4 Å². The van der Waals surface area contributed by atoms with Crippen molar-refractivity contribution in [3.05, 3.63) is 71.5 Å². The van der Waals surface area contributed by atoms with E-state index < -0.39 is 0 Å². The topological polar surface area (TPSA) is 59.8 Å². The lowest BCUT2D eigenvalue weighted by Crippen LogP contribution is -2.31. The molecule has 0 spiro atoms. The highest BCUT2D eigenvalue weighted by molar-refractivity contribution is 7.99. The van der Waals surface area contributed by atoms with Crippen LogP contribution in [0, 0.1) is 19.8 Å². The van der Waals surface area contributed by atoms with E-state index in [0.29, 0.717) is 11.7 Å². The lowest BCUT2D eigenvalue weighted by Gasteiger charge is -2.18. The fraction of sp³-hybridized carbons (Fsp3) is 0.318. The van der Waals surface area contributed by atoms with Crippen molar-refractivity contribution < 1.29 is 4.79 Å². The minimum Gasteiger partial charge on any atom is -0.348 e. The minimum absolute atomic E-state index is 0.0281. The van der Waals surface area contributed by atoms with Crippen molar-refractivity contribution in [2.45, 2.75) is 37.9 Å². The number of rotatable bonds is 7. The summed E-state index contributed by atoms with van der Waals surface area (Å²) in [6.07, 6.45) is 4.05. The number of hydrogen-bond acceptors (Lipinski definition) is 4. The predicted molar refractivity (Wildman–Crippen MR) is 112 cm³/mol. The number of thioether (sulfide) groups is 1. The van der Waals surface area contributed by atoms with Crippen LogP contribution in [0.1, 0.15) is 35.6 Å². The molecule has 0 bridgehead atoms. The number of carbonyl (C=O) groups is 1. The van der Waals surface area contributed by atoms with Gasteiger partial charge in [0.2, 0.25) is 5.91 Å². The third-order valence-electron chi connectivity index (χ3n) is 5.19. The summed E-state index contributed by atoms with van der Waals surface area (Å²) in [5.41, 5.74) is 4.66. The fourth-order valence-electron chi connectivity index (χ4n) is 3.28. The van der Waals surface area contributed by atoms with E-state index in [1.165, 1.54) is 41.3 Å². The third kappa shape index (κ3) is 4.28. The number of aromatic nitrogens is 3. The van der Waals surface area contributed by atoms with Gasteiger partial charge in [0.15, 0.2) is 5.16 Å². The first-order chi connectivity index (χ1) is 13.6. The van der Waals surface area contributed by atoms with E-state index in [4.69, 9.17) is 0 Å². The molecule has 1 amide bonds. The molecule has 0 aliphatic heterocycles. The largest absolute Gasteiger partial charge is 0.348 e. The normalized spacial score (nSPS) is 14.6. The molecule has 1 heterocycles. The molecule has 1 unspecified atom stereocenters. The Kier molecular flexibility index (Phi) is 5.48. The Hall–Kier alpha value is -2.60. The van der Waals surface area contributed by atoms with Crippen LogP contribution in [0.4, 0.5) is 0 Å². The fourth-order valence-corrected chi connectivity index (χ4v) is 4.02. The van der Waals surface area contributed by atoms with Gasteiger partial charge < -0.3 is 5.32 Å². The van der Waals surface area contributed by atoms with Crippen molar-refractivity contribution >= 4 is 17.7 Å². The second-order valence-corrected chi connectivity index (χ2v) is 8.28. The molecule has 1 N–H and O–H groups in total. The van der Waals surface area contributed by atoms with Crippen molar-refractivity contribution in [2.24, 2.45) is 5.92 Å². The smallest absolute Gasteiger partial charge is 0.230 e. The predicted octanol–water partition coefficient (Wildman–Crippen LogP) is 4.24. The average Bonchev–Trinajstić information content (AvgIpc) is 3.44. The van der Waals surface area contributed by atoms with Crippen molar-refractivity contribution in [1.82, 2.24) is 20.1 Å². The first kappa shape index (κ1) is 18.7. The van der Waals surface area contributed by atoms with Crippen molar-refractivity contribution in [3.8, 4) is 5.69 Å². The average molecular weight is 393 g/mol. The van der Waals surface area contributed by atoms with Crippen LogP contribution in [0.15, 0.2) is 60.0 Å². The van der Waals surface area contributed by atoms with E-state index >= 15 is 0 Å². The van der Waals surface area contributed by atoms with Crippen molar-refractivity contribution in [1.29, 1.82) is 0 Å². The van der Waals surface area contributed by atoms with Gasteiger partial charge in [0, 0.05) is 5.69 Å². The maximum absolute atomic E-state index is 12.6. The molecule has 1 fully saturated rings. The number of hydrogen-bond donors (Lipinski definition) is 1. The second-order valence-electron chi connectivity index (χ2n) is 7.33. The van der Waals surface area contributed by atoms with E-state index in [-0.39, 0.29) is 11.9 Å². The van der Waals surface area contributed by atoms with E-state index in [9.17, 15) is 4.79 Å². The zero-order valence-corrected chi connectivity index (χ0v) is 16.9. The highest BCUT2D eigenvalue weighted by Gasteiger charge is 2.33. The van der Waals surface area contributed by atoms with Crippen LogP contribution in [-0.4, -0.2) is 26.4 Å². The van der Waals surface area contributed by atoms with Crippen LogP contribution in [0.25, 0.3) is 5.69 Å². The standard InChI is InChI=1S/C22H24N4OS/c1-15-8-11-19(12-16(15)2)26-14-23-25-22(26)28-13-20(27)24-21(18-9-10-18)17-6-4-3-5-7-17/h3-8,11-12,14,18,21H,9-10,13H2,1-2H3,(H,24,27). The molecule has 144 valence electrons. The van der Waals surface area contributed by atoms with Crippen LogP contribution < -0.4 is 5.32 Å². The summed E-state index contributed by atoms with van der Waals surface area (Å²) in [5, 5.41) is 12.2. The number of amides is 1. The summed E-state index contributed by atoms with van der Waals surface area (Å²) in [6, 6.07) is 16.6. The molecule has 1 atom stereocenters. The maximum atomic E-state index is 12.6. The van der Waals surface area contributed by atoms with Gasteiger partial charge in [0.25, 0.3) is 0 Å². The Morgan fingerprint density at radius 2 is 1.96 bits per heavy atom. The molecular formula is C22H24N4OS. The third-order valence-corrected chi connectivity index (χ3v) is 6.13. The molecule has 1 aliphatic carbocycles. The lowest BCUT2D eigenvalue weighted by molar-refractivity contribution is -0.119. The molecule has 1 aliphatic rings. The zero-order valence-electron chi connectivity index (χ0n) is 16.1. The Bertz CT molecular complexity index is 966. The highest BCUT2D eigenvalue weighted by atomic mass is 32.2. The number of aryl methyl sites for hydroxylation is 2. The van der Waals surface area contributed by atoms with Gasteiger partial charge in [-0.1, -0.05) is 48.2 Å². The van der Waals surface area contributed by atoms with E-state index in [1.54, 1.807) is 6.33 Å². The molecule has 1 aromatic heterocycles. The van der Waals surface area contributed by atoms with E-state index in [1.807, 2.05) is 28.8 Å². The van der Waals surface area contributed by atoms with Gasteiger partial charge in [-0.2, -0.15) is 0 Å². The Morgan fingerprint density at radius 1 is 1.18 bits per heavy atom. The van der Waals surface area contributed by atoms with E-state index in [2.05, 4.69) is 53.6 Å². The maximum Gasteiger partial charge on any atom is 0.230 e. The van der Waals surface area contributed by atoms with Crippen molar-refractivity contribution in [3.63, 3.8) is 0 Å². The number of nitrogens with zero attached hydrogens (tertiary/aromatic N) is 3. The summed E-state index contributed by atoms with van der Waals surface area (Å²) in [6.45, 7) is 4.18. The number of benzene rings is 2. The van der Waals surface area contributed by atoms with Gasteiger partial charge in [-0.25, -0.2) is 0 Å².